The largest absolute Gasteiger partial charge is 0.363 e. The molecular formula is C20H20N2O4. The summed E-state index contributed by atoms with van der Waals surface area (Å²) in [6.07, 6.45) is 0. The van der Waals surface area contributed by atoms with Gasteiger partial charge in [0.2, 0.25) is 0 Å². The van der Waals surface area contributed by atoms with Crippen LogP contribution in [0.15, 0.2) is 48.5 Å². The Hall–Kier alpha value is -2.99. The molecule has 2 aromatic carbocycles. The molecule has 0 radical (unpaired) electrons. The molecule has 26 heavy (non-hydrogen) atoms. The number of rotatable bonds is 6. The fraction of sp³-hybridized carbons (Fsp3) is 0.250. The Bertz CT molecular complexity index is 806. The fourth-order valence-corrected chi connectivity index (χ4v) is 2.84. The van der Waals surface area contributed by atoms with Crippen LogP contribution in [-0.2, 0) is 11.4 Å². The van der Waals surface area contributed by atoms with Crippen LogP contribution in [0, 0.1) is 0 Å². The molecule has 0 atom stereocenters. The molecule has 1 aliphatic heterocycles. The van der Waals surface area contributed by atoms with Gasteiger partial charge in [0.25, 0.3) is 11.8 Å². The SMILES string of the molecule is CCN(CC)Cc1ccc(C(=O)ON2C(=O)c3ccccc3C2=O)cc1. The predicted octanol–water partition coefficient (Wildman–Crippen LogP) is 2.90. The summed E-state index contributed by atoms with van der Waals surface area (Å²) in [5, 5.41) is 0.525. The predicted molar refractivity (Wildman–Crippen MR) is 95.4 cm³/mol. The van der Waals surface area contributed by atoms with Crippen molar-refractivity contribution in [1.29, 1.82) is 0 Å². The maximum atomic E-state index is 12.3. The van der Waals surface area contributed by atoms with Gasteiger partial charge in [-0.1, -0.05) is 43.2 Å². The number of carbonyl (C=O) groups excluding carboxylic acids is 3. The van der Waals surface area contributed by atoms with E-state index in [0.717, 1.165) is 25.2 Å². The Morgan fingerprint density at radius 2 is 1.46 bits per heavy atom. The van der Waals surface area contributed by atoms with E-state index in [-0.39, 0.29) is 16.7 Å². The van der Waals surface area contributed by atoms with Crippen LogP contribution in [0.4, 0.5) is 0 Å². The molecule has 2 aromatic rings. The second-order valence-electron chi connectivity index (χ2n) is 5.99. The minimum Gasteiger partial charge on any atom is -0.324 e. The third-order valence-corrected chi connectivity index (χ3v) is 4.42. The number of imide groups is 1. The highest BCUT2D eigenvalue weighted by molar-refractivity contribution is 6.21. The van der Waals surface area contributed by atoms with Crippen molar-refractivity contribution in [3.05, 3.63) is 70.8 Å². The zero-order valence-electron chi connectivity index (χ0n) is 14.8. The first-order valence-electron chi connectivity index (χ1n) is 8.56. The number of fused-ring (bicyclic) bond motifs is 1. The molecular weight excluding hydrogens is 332 g/mol. The quantitative estimate of drug-likeness (QED) is 0.748. The average Bonchev–Trinajstić information content (AvgIpc) is 2.91. The average molecular weight is 352 g/mol. The van der Waals surface area contributed by atoms with E-state index in [9.17, 15) is 14.4 Å². The molecule has 1 aliphatic rings. The first kappa shape index (κ1) is 17.8. The first-order valence-corrected chi connectivity index (χ1v) is 8.56. The van der Waals surface area contributed by atoms with Crippen molar-refractivity contribution >= 4 is 17.8 Å². The Morgan fingerprint density at radius 1 is 0.923 bits per heavy atom. The summed E-state index contributed by atoms with van der Waals surface area (Å²) in [7, 11) is 0. The Labute approximate surface area is 151 Å². The topological polar surface area (TPSA) is 66.9 Å². The first-order chi connectivity index (χ1) is 12.5. The highest BCUT2D eigenvalue weighted by atomic mass is 16.7. The number of amides is 2. The van der Waals surface area contributed by atoms with Gasteiger partial charge in [-0.05, 0) is 42.9 Å². The van der Waals surface area contributed by atoms with Gasteiger partial charge >= 0.3 is 5.97 Å². The molecule has 6 nitrogen and oxygen atoms in total. The lowest BCUT2D eigenvalue weighted by molar-refractivity contribution is -0.0584. The second-order valence-corrected chi connectivity index (χ2v) is 5.99. The molecule has 0 saturated heterocycles. The molecule has 0 spiro atoms. The van der Waals surface area contributed by atoms with E-state index in [0.29, 0.717) is 5.06 Å². The third-order valence-electron chi connectivity index (χ3n) is 4.42. The van der Waals surface area contributed by atoms with E-state index < -0.39 is 17.8 Å². The van der Waals surface area contributed by atoms with Crippen molar-refractivity contribution < 1.29 is 19.2 Å². The maximum Gasteiger partial charge on any atom is 0.363 e. The van der Waals surface area contributed by atoms with E-state index in [2.05, 4.69) is 18.7 Å². The van der Waals surface area contributed by atoms with Gasteiger partial charge in [-0.2, -0.15) is 0 Å². The van der Waals surface area contributed by atoms with Crippen molar-refractivity contribution in [2.45, 2.75) is 20.4 Å². The number of hydrogen-bond acceptors (Lipinski definition) is 5. The van der Waals surface area contributed by atoms with Gasteiger partial charge in [0.05, 0.1) is 16.7 Å². The third kappa shape index (κ3) is 3.36. The minimum atomic E-state index is -0.742. The normalized spacial score (nSPS) is 13.3. The summed E-state index contributed by atoms with van der Waals surface area (Å²) in [6, 6.07) is 13.3. The Kier molecular flexibility index (Phi) is 5.14. The summed E-state index contributed by atoms with van der Waals surface area (Å²) in [5.41, 5.74) is 1.83. The molecule has 0 fully saturated rings. The molecule has 1 heterocycles. The van der Waals surface area contributed by atoms with Crippen molar-refractivity contribution in [2.75, 3.05) is 13.1 Å². The van der Waals surface area contributed by atoms with Crippen LogP contribution in [0.1, 0.15) is 50.5 Å². The van der Waals surface area contributed by atoms with Crippen molar-refractivity contribution in [1.82, 2.24) is 9.96 Å². The molecule has 0 bridgehead atoms. The van der Waals surface area contributed by atoms with Crippen molar-refractivity contribution in [2.24, 2.45) is 0 Å². The van der Waals surface area contributed by atoms with Crippen LogP contribution in [-0.4, -0.2) is 40.8 Å². The highest BCUT2D eigenvalue weighted by Gasteiger charge is 2.38. The standard InChI is InChI=1S/C20H20N2O4/c1-3-21(4-2)13-14-9-11-15(12-10-14)20(25)26-22-18(23)16-7-5-6-8-17(16)19(22)24/h5-12H,3-4,13H2,1-2H3. The number of benzene rings is 2. The summed E-state index contributed by atoms with van der Waals surface area (Å²) < 4.78 is 0. The van der Waals surface area contributed by atoms with Gasteiger partial charge < -0.3 is 4.84 Å². The molecule has 0 aromatic heterocycles. The van der Waals surface area contributed by atoms with E-state index in [1.54, 1.807) is 24.3 Å². The van der Waals surface area contributed by atoms with Gasteiger partial charge in [0, 0.05) is 6.54 Å². The molecule has 6 heteroatoms. The van der Waals surface area contributed by atoms with Crippen LogP contribution in [0.3, 0.4) is 0 Å². The summed E-state index contributed by atoms with van der Waals surface area (Å²) in [4.78, 5) is 44.1. The van der Waals surface area contributed by atoms with Crippen LogP contribution in [0.2, 0.25) is 0 Å². The van der Waals surface area contributed by atoms with Gasteiger partial charge in [0.1, 0.15) is 0 Å². The van der Waals surface area contributed by atoms with E-state index in [1.807, 2.05) is 12.1 Å². The zero-order chi connectivity index (χ0) is 18.7. The highest BCUT2D eigenvalue weighted by Crippen LogP contribution is 2.23. The lowest BCUT2D eigenvalue weighted by Gasteiger charge is -2.18. The van der Waals surface area contributed by atoms with Gasteiger partial charge in [-0.25, -0.2) is 4.79 Å². The fourth-order valence-electron chi connectivity index (χ4n) is 2.84. The van der Waals surface area contributed by atoms with Crippen LogP contribution in [0.25, 0.3) is 0 Å². The van der Waals surface area contributed by atoms with E-state index >= 15 is 0 Å². The Balaban J connectivity index is 1.69. The molecule has 0 unspecified atom stereocenters. The maximum absolute atomic E-state index is 12.3. The number of nitrogens with zero attached hydrogens (tertiary/aromatic N) is 2. The molecule has 0 aliphatic carbocycles. The van der Waals surface area contributed by atoms with E-state index in [1.165, 1.54) is 12.1 Å². The van der Waals surface area contributed by atoms with Crippen LogP contribution < -0.4 is 0 Å². The monoisotopic (exact) mass is 352 g/mol. The van der Waals surface area contributed by atoms with Crippen LogP contribution in [0.5, 0.6) is 0 Å². The van der Waals surface area contributed by atoms with Crippen LogP contribution >= 0.6 is 0 Å². The summed E-state index contributed by atoms with van der Waals surface area (Å²) in [6.45, 7) is 6.87. The summed E-state index contributed by atoms with van der Waals surface area (Å²) >= 11 is 0. The van der Waals surface area contributed by atoms with Crippen molar-refractivity contribution in [3.8, 4) is 0 Å². The molecule has 134 valence electrons. The van der Waals surface area contributed by atoms with Crippen molar-refractivity contribution in [3.63, 3.8) is 0 Å². The lowest BCUT2D eigenvalue weighted by Crippen LogP contribution is -2.32. The minimum absolute atomic E-state index is 0.236. The zero-order valence-corrected chi connectivity index (χ0v) is 14.8. The molecule has 0 N–H and O–H groups in total. The second kappa shape index (κ2) is 7.49. The smallest absolute Gasteiger partial charge is 0.324 e. The van der Waals surface area contributed by atoms with Gasteiger partial charge in [-0.3, -0.25) is 14.5 Å². The van der Waals surface area contributed by atoms with Gasteiger partial charge in [0.15, 0.2) is 0 Å². The lowest BCUT2D eigenvalue weighted by atomic mass is 10.1. The number of carbonyl (C=O) groups is 3. The van der Waals surface area contributed by atoms with Gasteiger partial charge in [-0.15, -0.1) is 0 Å². The summed E-state index contributed by atoms with van der Waals surface area (Å²) in [5.74, 6) is -2.00. The number of hydrogen-bond donors (Lipinski definition) is 0. The molecule has 2 amide bonds. The number of hydroxylamine groups is 2. The van der Waals surface area contributed by atoms with E-state index in [4.69, 9.17) is 4.84 Å². The Morgan fingerprint density at radius 3 is 1.96 bits per heavy atom. The molecule has 0 saturated carbocycles. The molecule has 3 rings (SSSR count).